The van der Waals surface area contributed by atoms with E-state index in [4.69, 9.17) is 14.2 Å². The fourth-order valence-electron chi connectivity index (χ4n) is 4.42. The largest absolute Gasteiger partial charge is 0.478 e. The second-order valence-electron chi connectivity index (χ2n) is 7.47. The van der Waals surface area contributed by atoms with E-state index in [1.165, 1.54) is 13.2 Å². The van der Waals surface area contributed by atoms with Crippen LogP contribution in [0.15, 0.2) is 11.8 Å². The number of carbonyl (C=O) groups is 2. The molecule has 1 saturated heterocycles. The van der Waals surface area contributed by atoms with Gasteiger partial charge < -0.3 is 24.4 Å². The second-order valence-corrected chi connectivity index (χ2v) is 7.47. The van der Waals surface area contributed by atoms with Crippen LogP contribution in [0.25, 0.3) is 0 Å². The van der Waals surface area contributed by atoms with Crippen LogP contribution in [0.5, 0.6) is 0 Å². The van der Waals surface area contributed by atoms with Gasteiger partial charge in [0.05, 0.1) is 17.9 Å². The minimum Gasteiger partial charge on any atom is -0.478 e. The Morgan fingerprint density at radius 2 is 1.96 bits per heavy atom. The van der Waals surface area contributed by atoms with Crippen LogP contribution in [0, 0.1) is 23.7 Å². The van der Waals surface area contributed by atoms with E-state index < -0.39 is 24.7 Å². The van der Waals surface area contributed by atoms with Crippen LogP contribution in [0.1, 0.15) is 40.0 Å². The Labute approximate surface area is 146 Å². The summed E-state index contributed by atoms with van der Waals surface area (Å²) in [6.45, 7) is 5.39. The summed E-state index contributed by atoms with van der Waals surface area (Å²) < 4.78 is 17.2. The lowest BCUT2D eigenvalue weighted by atomic mass is 9.83. The van der Waals surface area contributed by atoms with Crippen molar-refractivity contribution in [3.8, 4) is 0 Å². The zero-order valence-electron chi connectivity index (χ0n) is 14.8. The van der Waals surface area contributed by atoms with Gasteiger partial charge >= 0.3 is 5.97 Å². The molecular formula is C18H26O7. The SMILES string of the molecule is CC(=O)[C@H]1C[C@@H]2C(C(=O)O)=CO[C@@H](O[C@@H]3O[C@H](C)CC[C@H]3O)[C@@H]2[C@H]1C. The minimum absolute atomic E-state index is 0.0242. The van der Waals surface area contributed by atoms with Gasteiger partial charge in [0, 0.05) is 17.8 Å². The minimum atomic E-state index is -1.03. The van der Waals surface area contributed by atoms with Crippen molar-refractivity contribution < 1.29 is 34.0 Å². The van der Waals surface area contributed by atoms with Crippen molar-refractivity contribution in [2.45, 2.75) is 64.8 Å². The quantitative estimate of drug-likeness (QED) is 0.792. The van der Waals surface area contributed by atoms with Crippen LogP contribution in [0.4, 0.5) is 0 Å². The summed E-state index contributed by atoms with van der Waals surface area (Å²) in [6, 6.07) is 0. The lowest BCUT2D eigenvalue weighted by Crippen LogP contribution is -2.46. The van der Waals surface area contributed by atoms with Gasteiger partial charge in [0.15, 0.2) is 6.29 Å². The third-order valence-electron chi connectivity index (χ3n) is 5.84. The summed E-state index contributed by atoms with van der Waals surface area (Å²) in [6.07, 6.45) is 0.719. The van der Waals surface area contributed by atoms with Crippen LogP contribution in [0.3, 0.4) is 0 Å². The first-order valence-corrected chi connectivity index (χ1v) is 8.87. The van der Waals surface area contributed by atoms with Crippen molar-refractivity contribution >= 4 is 11.8 Å². The highest BCUT2D eigenvalue weighted by molar-refractivity contribution is 5.88. The van der Waals surface area contributed by atoms with Crippen LogP contribution < -0.4 is 0 Å². The summed E-state index contributed by atoms with van der Waals surface area (Å²) in [5.41, 5.74) is 0.180. The van der Waals surface area contributed by atoms with Crippen LogP contribution in [-0.4, -0.2) is 46.8 Å². The number of aliphatic hydroxyl groups is 1. The molecule has 0 spiro atoms. The predicted octanol–water partition coefficient (Wildman–Crippen LogP) is 1.69. The molecule has 25 heavy (non-hydrogen) atoms. The molecule has 0 bridgehead atoms. The van der Waals surface area contributed by atoms with E-state index in [9.17, 15) is 19.8 Å². The molecule has 140 valence electrons. The van der Waals surface area contributed by atoms with Crippen molar-refractivity contribution in [3.63, 3.8) is 0 Å². The van der Waals surface area contributed by atoms with Gasteiger partial charge in [-0.05, 0) is 39.0 Å². The summed E-state index contributed by atoms with van der Waals surface area (Å²) in [5, 5.41) is 19.6. The molecular weight excluding hydrogens is 328 g/mol. The molecule has 0 unspecified atom stereocenters. The zero-order valence-corrected chi connectivity index (χ0v) is 14.8. The Morgan fingerprint density at radius 1 is 1.24 bits per heavy atom. The fraction of sp³-hybridized carbons (Fsp3) is 0.778. The Bertz CT molecular complexity index is 572. The first-order valence-electron chi connectivity index (χ1n) is 8.87. The Kier molecular flexibility index (Phi) is 5.18. The lowest BCUT2D eigenvalue weighted by molar-refractivity contribution is -0.305. The van der Waals surface area contributed by atoms with Crippen LogP contribution in [-0.2, 0) is 23.8 Å². The number of fused-ring (bicyclic) bond motifs is 1. The molecule has 2 heterocycles. The Balaban J connectivity index is 1.82. The molecule has 0 amide bonds. The zero-order chi connectivity index (χ0) is 18.3. The molecule has 1 saturated carbocycles. The molecule has 0 aromatic rings. The van der Waals surface area contributed by atoms with E-state index >= 15 is 0 Å². The van der Waals surface area contributed by atoms with Gasteiger partial charge in [-0.2, -0.15) is 0 Å². The number of aliphatic carboxylic acids is 1. The van der Waals surface area contributed by atoms with Gasteiger partial charge in [0.2, 0.25) is 6.29 Å². The molecule has 1 aliphatic carbocycles. The maximum Gasteiger partial charge on any atom is 0.334 e. The number of carbonyl (C=O) groups excluding carboxylic acids is 1. The van der Waals surface area contributed by atoms with E-state index in [-0.39, 0.29) is 41.1 Å². The Hall–Kier alpha value is -1.44. The molecule has 0 aromatic carbocycles. The third-order valence-corrected chi connectivity index (χ3v) is 5.84. The van der Waals surface area contributed by atoms with Crippen molar-refractivity contribution in [1.29, 1.82) is 0 Å². The first-order chi connectivity index (χ1) is 11.8. The van der Waals surface area contributed by atoms with E-state index in [0.717, 1.165) is 6.42 Å². The number of rotatable bonds is 4. The summed E-state index contributed by atoms with van der Waals surface area (Å²) in [5.74, 6) is -1.85. The highest BCUT2D eigenvalue weighted by Crippen LogP contribution is 2.50. The molecule has 7 nitrogen and oxygen atoms in total. The smallest absolute Gasteiger partial charge is 0.334 e. The summed E-state index contributed by atoms with van der Waals surface area (Å²) in [4.78, 5) is 23.5. The molecule has 7 heteroatoms. The summed E-state index contributed by atoms with van der Waals surface area (Å²) in [7, 11) is 0. The topological polar surface area (TPSA) is 102 Å². The van der Waals surface area contributed by atoms with Crippen molar-refractivity contribution in [2.75, 3.05) is 0 Å². The predicted molar refractivity (Wildman–Crippen MR) is 86.2 cm³/mol. The fourth-order valence-corrected chi connectivity index (χ4v) is 4.42. The molecule has 0 aromatic heterocycles. The van der Waals surface area contributed by atoms with E-state index in [1.54, 1.807) is 0 Å². The molecule has 2 N–H and O–H groups in total. The molecule has 2 aliphatic heterocycles. The standard InChI is InChI=1S/C18H26O7/c1-8-4-5-14(20)17(24-8)25-18-15-9(2)11(10(3)19)6-12(15)13(7-23-18)16(21)22/h7-9,11-12,14-15,17-18,20H,4-6H2,1-3H3,(H,21,22)/t8-,9+,11+,12-,14-,15-,17+,18+/m1/s1. The van der Waals surface area contributed by atoms with Crippen LogP contribution >= 0.6 is 0 Å². The summed E-state index contributed by atoms with van der Waals surface area (Å²) >= 11 is 0. The number of hydrogen-bond acceptors (Lipinski definition) is 6. The van der Waals surface area contributed by atoms with Crippen LogP contribution in [0.2, 0.25) is 0 Å². The molecule has 0 radical (unpaired) electrons. The van der Waals surface area contributed by atoms with Gasteiger partial charge in [-0.15, -0.1) is 0 Å². The van der Waals surface area contributed by atoms with Crippen molar-refractivity contribution in [2.24, 2.45) is 23.7 Å². The highest BCUT2D eigenvalue weighted by Gasteiger charge is 2.53. The van der Waals surface area contributed by atoms with Gasteiger partial charge in [-0.1, -0.05) is 6.92 Å². The molecule has 3 rings (SSSR count). The van der Waals surface area contributed by atoms with Gasteiger partial charge in [0.1, 0.15) is 11.9 Å². The number of ketones is 1. The maximum absolute atomic E-state index is 12.0. The Morgan fingerprint density at radius 3 is 2.60 bits per heavy atom. The van der Waals surface area contributed by atoms with Gasteiger partial charge in [0.25, 0.3) is 0 Å². The molecule has 3 aliphatic rings. The van der Waals surface area contributed by atoms with Gasteiger partial charge in [-0.3, -0.25) is 4.79 Å². The van der Waals surface area contributed by atoms with E-state index in [0.29, 0.717) is 12.8 Å². The number of ether oxygens (including phenoxy) is 3. The average molecular weight is 354 g/mol. The third kappa shape index (κ3) is 3.45. The van der Waals surface area contributed by atoms with Gasteiger partial charge in [-0.25, -0.2) is 4.79 Å². The number of Topliss-reactive ketones (excluding diaryl/α,β-unsaturated/α-hetero) is 1. The number of aliphatic hydroxyl groups excluding tert-OH is 1. The second kappa shape index (κ2) is 7.05. The first kappa shape index (κ1) is 18.4. The average Bonchev–Trinajstić information content (AvgIpc) is 2.89. The molecule has 2 fully saturated rings. The number of carboxylic acids is 1. The van der Waals surface area contributed by atoms with Crippen molar-refractivity contribution in [3.05, 3.63) is 11.8 Å². The van der Waals surface area contributed by atoms with E-state index in [2.05, 4.69) is 0 Å². The lowest BCUT2D eigenvalue weighted by Gasteiger charge is -2.39. The molecule has 8 atom stereocenters. The van der Waals surface area contributed by atoms with E-state index in [1.807, 2.05) is 13.8 Å². The maximum atomic E-state index is 12.0. The monoisotopic (exact) mass is 354 g/mol. The number of carboxylic acid groups (broad SMARTS) is 1. The van der Waals surface area contributed by atoms with Crippen molar-refractivity contribution in [1.82, 2.24) is 0 Å². The highest BCUT2D eigenvalue weighted by atomic mass is 16.8. The number of hydrogen-bond donors (Lipinski definition) is 2. The normalized spacial score (nSPS) is 43.8.